The van der Waals surface area contributed by atoms with Crippen LogP contribution in [0, 0.1) is 13.8 Å². The van der Waals surface area contributed by atoms with Crippen LogP contribution in [0.2, 0.25) is 0 Å². The van der Waals surface area contributed by atoms with Crippen LogP contribution in [0.1, 0.15) is 27.7 Å². The van der Waals surface area contributed by atoms with Crippen LogP contribution in [0.3, 0.4) is 0 Å². The van der Waals surface area contributed by atoms with Crippen molar-refractivity contribution in [3.63, 3.8) is 0 Å². The topological polar surface area (TPSA) is 85.8 Å². The van der Waals surface area contributed by atoms with E-state index in [0.717, 1.165) is 33.7 Å². The van der Waals surface area contributed by atoms with E-state index < -0.39 is 5.25 Å². The van der Waals surface area contributed by atoms with Gasteiger partial charge in [-0.1, -0.05) is 54.2 Å². The number of anilines is 1. The minimum Gasteiger partial charge on any atom is -0.467 e. The predicted molar refractivity (Wildman–Crippen MR) is 141 cm³/mol. The van der Waals surface area contributed by atoms with Crippen molar-refractivity contribution in [2.45, 2.75) is 30.8 Å². The molecule has 0 radical (unpaired) electrons. The second-order valence-electron chi connectivity index (χ2n) is 8.43. The molecule has 0 saturated carbocycles. The van der Waals surface area contributed by atoms with Gasteiger partial charge >= 0.3 is 0 Å². The van der Waals surface area contributed by atoms with Crippen LogP contribution in [-0.4, -0.2) is 25.7 Å². The van der Waals surface area contributed by atoms with Gasteiger partial charge in [-0.15, -0.1) is 10.2 Å². The zero-order valence-corrected chi connectivity index (χ0v) is 20.8. The van der Waals surface area contributed by atoms with Gasteiger partial charge in [0.25, 0.3) is 0 Å². The zero-order chi connectivity index (χ0) is 24.9. The first kappa shape index (κ1) is 23.6. The summed E-state index contributed by atoms with van der Waals surface area (Å²) in [7, 11) is 0. The molecule has 0 fully saturated rings. The third kappa shape index (κ3) is 5.23. The molecule has 7 nitrogen and oxygen atoms in total. The van der Waals surface area contributed by atoms with Crippen molar-refractivity contribution in [3.8, 4) is 11.4 Å². The molecule has 2 aromatic carbocycles. The number of thioether (sulfide) groups is 1. The van der Waals surface area contributed by atoms with Gasteiger partial charge in [0.2, 0.25) is 5.91 Å². The van der Waals surface area contributed by atoms with Gasteiger partial charge in [-0.2, -0.15) is 0 Å². The van der Waals surface area contributed by atoms with Crippen LogP contribution in [0.5, 0.6) is 0 Å². The summed E-state index contributed by atoms with van der Waals surface area (Å²) in [6.45, 7) is 4.42. The van der Waals surface area contributed by atoms with Crippen molar-refractivity contribution in [2.24, 2.45) is 0 Å². The Morgan fingerprint density at radius 2 is 1.89 bits per heavy atom. The minimum atomic E-state index is -0.549. The van der Waals surface area contributed by atoms with Crippen molar-refractivity contribution in [2.75, 3.05) is 5.32 Å². The lowest BCUT2D eigenvalue weighted by atomic mass is 10.1. The number of benzene rings is 2. The Balaban J connectivity index is 1.52. The van der Waals surface area contributed by atoms with Gasteiger partial charge in [-0.3, -0.25) is 14.3 Å². The average Bonchev–Trinajstić information content (AvgIpc) is 3.56. The standard InChI is InChI=1S/C28H25N5O2S/c1-19-12-13-20(2)24(16-19)30-27(34)25(21-8-4-3-5-9-21)36-28-32-31-26(22-10-6-14-29-17-22)33(28)18-23-11-7-15-35-23/h3-17,25H,18H2,1-2H3,(H,30,34). The van der Waals surface area contributed by atoms with Crippen molar-refractivity contribution in [3.05, 3.63) is 114 Å². The van der Waals surface area contributed by atoms with E-state index in [2.05, 4.69) is 20.5 Å². The lowest BCUT2D eigenvalue weighted by Crippen LogP contribution is -2.20. The molecular weight excluding hydrogens is 470 g/mol. The maximum absolute atomic E-state index is 13.7. The number of nitrogens with one attached hydrogen (secondary N) is 1. The van der Waals surface area contributed by atoms with E-state index in [0.29, 0.717) is 17.5 Å². The third-order valence-corrected chi connectivity index (χ3v) is 6.98. The summed E-state index contributed by atoms with van der Waals surface area (Å²) in [6, 6.07) is 23.3. The summed E-state index contributed by atoms with van der Waals surface area (Å²) in [6.07, 6.45) is 5.11. The fraction of sp³-hybridized carbons (Fsp3) is 0.143. The highest BCUT2D eigenvalue weighted by Gasteiger charge is 2.27. The first-order chi connectivity index (χ1) is 17.6. The summed E-state index contributed by atoms with van der Waals surface area (Å²) in [5.74, 6) is 1.29. The highest BCUT2D eigenvalue weighted by atomic mass is 32.2. The number of amides is 1. The lowest BCUT2D eigenvalue weighted by Gasteiger charge is -2.18. The molecule has 3 heterocycles. The molecule has 5 rings (SSSR count). The summed E-state index contributed by atoms with van der Waals surface area (Å²) in [5, 5.41) is 12.1. The molecule has 1 unspecified atom stereocenters. The highest BCUT2D eigenvalue weighted by molar-refractivity contribution is 8.00. The Morgan fingerprint density at radius 3 is 2.64 bits per heavy atom. The van der Waals surface area contributed by atoms with Gasteiger partial charge in [-0.05, 0) is 60.9 Å². The molecule has 3 aromatic heterocycles. The van der Waals surface area contributed by atoms with E-state index in [1.54, 1.807) is 18.7 Å². The number of nitrogens with zero attached hydrogens (tertiary/aromatic N) is 4. The summed E-state index contributed by atoms with van der Waals surface area (Å²) >= 11 is 1.36. The number of pyridine rings is 1. The second-order valence-corrected chi connectivity index (χ2v) is 9.50. The number of carbonyl (C=O) groups excluding carboxylic acids is 1. The molecule has 0 aliphatic rings. The molecular formula is C28H25N5O2S. The molecule has 0 saturated heterocycles. The van der Waals surface area contributed by atoms with Gasteiger partial charge < -0.3 is 9.73 Å². The average molecular weight is 496 g/mol. The fourth-order valence-corrected chi connectivity index (χ4v) is 4.90. The fourth-order valence-electron chi connectivity index (χ4n) is 3.86. The minimum absolute atomic E-state index is 0.129. The van der Waals surface area contributed by atoms with Gasteiger partial charge in [0.05, 0.1) is 12.8 Å². The van der Waals surface area contributed by atoms with Gasteiger partial charge in [0.1, 0.15) is 11.0 Å². The van der Waals surface area contributed by atoms with Crippen LogP contribution >= 0.6 is 11.8 Å². The number of hydrogen-bond donors (Lipinski definition) is 1. The van der Waals surface area contributed by atoms with Crippen molar-refractivity contribution < 1.29 is 9.21 Å². The smallest absolute Gasteiger partial charge is 0.242 e. The Hall–Kier alpha value is -4.17. The van der Waals surface area contributed by atoms with E-state index >= 15 is 0 Å². The molecule has 0 bridgehead atoms. The highest BCUT2D eigenvalue weighted by Crippen LogP contribution is 2.37. The van der Waals surface area contributed by atoms with E-state index in [-0.39, 0.29) is 5.91 Å². The number of furan rings is 1. The molecule has 0 spiro atoms. The van der Waals surface area contributed by atoms with Crippen LogP contribution in [-0.2, 0) is 11.3 Å². The molecule has 8 heteroatoms. The third-order valence-electron chi connectivity index (χ3n) is 5.75. The Kier molecular flexibility index (Phi) is 6.95. The summed E-state index contributed by atoms with van der Waals surface area (Å²) in [4.78, 5) is 17.9. The van der Waals surface area contributed by atoms with Crippen molar-refractivity contribution in [1.82, 2.24) is 19.7 Å². The summed E-state index contributed by atoms with van der Waals surface area (Å²) in [5.41, 5.74) is 4.60. The van der Waals surface area contributed by atoms with E-state index in [4.69, 9.17) is 4.42 Å². The Labute approximate surface area is 213 Å². The quantitative estimate of drug-likeness (QED) is 0.263. The normalized spacial score (nSPS) is 11.8. The largest absolute Gasteiger partial charge is 0.467 e. The van der Waals surface area contributed by atoms with E-state index in [1.807, 2.05) is 91.2 Å². The zero-order valence-electron chi connectivity index (χ0n) is 20.0. The van der Waals surface area contributed by atoms with Crippen LogP contribution in [0.15, 0.2) is 101 Å². The van der Waals surface area contributed by atoms with Crippen LogP contribution < -0.4 is 5.32 Å². The SMILES string of the molecule is Cc1ccc(C)c(NC(=O)C(Sc2nnc(-c3cccnc3)n2Cc2ccco2)c2ccccc2)c1. The van der Waals surface area contributed by atoms with Gasteiger partial charge in [-0.25, -0.2) is 0 Å². The molecule has 5 aromatic rings. The van der Waals surface area contributed by atoms with E-state index in [1.165, 1.54) is 11.8 Å². The van der Waals surface area contributed by atoms with Crippen LogP contribution in [0.4, 0.5) is 5.69 Å². The van der Waals surface area contributed by atoms with Crippen LogP contribution in [0.25, 0.3) is 11.4 Å². The second kappa shape index (κ2) is 10.6. The first-order valence-corrected chi connectivity index (χ1v) is 12.4. The monoisotopic (exact) mass is 495 g/mol. The number of rotatable bonds is 8. The van der Waals surface area contributed by atoms with Crippen molar-refractivity contribution in [1.29, 1.82) is 0 Å². The maximum atomic E-state index is 13.7. The molecule has 0 aliphatic carbocycles. The number of carbonyl (C=O) groups is 1. The molecule has 180 valence electrons. The summed E-state index contributed by atoms with van der Waals surface area (Å²) < 4.78 is 7.57. The molecule has 1 N–H and O–H groups in total. The molecule has 0 aliphatic heterocycles. The Morgan fingerprint density at radius 1 is 1.03 bits per heavy atom. The van der Waals surface area contributed by atoms with E-state index in [9.17, 15) is 4.79 Å². The predicted octanol–water partition coefficient (Wildman–Crippen LogP) is 6.07. The van der Waals surface area contributed by atoms with Gasteiger partial charge in [0, 0.05) is 23.6 Å². The van der Waals surface area contributed by atoms with Gasteiger partial charge in [0.15, 0.2) is 11.0 Å². The number of aromatic nitrogens is 4. The van der Waals surface area contributed by atoms with Crippen molar-refractivity contribution >= 4 is 23.4 Å². The maximum Gasteiger partial charge on any atom is 0.242 e. The Bertz CT molecular complexity index is 1450. The molecule has 1 atom stereocenters. The molecule has 1 amide bonds. The number of aryl methyl sites for hydroxylation is 2. The lowest BCUT2D eigenvalue weighted by molar-refractivity contribution is -0.115. The number of hydrogen-bond acceptors (Lipinski definition) is 6. The first-order valence-electron chi connectivity index (χ1n) is 11.5. The molecule has 36 heavy (non-hydrogen) atoms.